The minimum Gasteiger partial charge on any atom is -0.467 e. The van der Waals surface area contributed by atoms with E-state index >= 15 is 0 Å². The molecule has 10 heteroatoms. The number of non-ortho nitro benzene ring substituents is 1. The van der Waals surface area contributed by atoms with E-state index in [0.717, 1.165) is 31.5 Å². The van der Waals surface area contributed by atoms with Crippen LogP contribution in [0.2, 0.25) is 0 Å². The first-order valence-corrected chi connectivity index (χ1v) is 15.3. The van der Waals surface area contributed by atoms with Crippen LogP contribution in [0.1, 0.15) is 48.8 Å². The van der Waals surface area contributed by atoms with E-state index in [0.29, 0.717) is 12.0 Å². The summed E-state index contributed by atoms with van der Waals surface area (Å²) in [5.74, 6) is -1.21. The summed E-state index contributed by atoms with van der Waals surface area (Å²) in [6.45, 7) is 3.80. The molecule has 5 rings (SSSR count). The third-order valence-electron chi connectivity index (χ3n) is 9.42. The van der Waals surface area contributed by atoms with E-state index in [9.17, 15) is 19.7 Å². The number of carbonyl (C=O) groups excluding carboxylic acids is 2. The molecule has 3 aromatic carbocycles. The highest BCUT2D eigenvalue weighted by Crippen LogP contribution is 2.42. The van der Waals surface area contributed by atoms with E-state index in [2.05, 4.69) is 65.7 Å². The molecule has 2 aliphatic heterocycles. The minimum atomic E-state index is -0.795. The van der Waals surface area contributed by atoms with Crippen molar-refractivity contribution in [3.05, 3.63) is 136 Å². The number of halogens is 1. The van der Waals surface area contributed by atoms with Crippen molar-refractivity contribution in [3.8, 4) is 0 Å². The standard InChI is InChI=1S/C36H40N4O5.ClH/c1-26(39-22-19-36(20-23-39,28-10-6-4-7-11-28)29-12-8-5-9-13-29)24-33(35(42)45-3)38(2)34(41)32-25-37-21-18-31(32)27-14-16-30(17-15-27)40(43)44;/h4-18,21,25-26,31,33,37H,19-20,22-24H2,1-3H3;1H. The summed E-state index contributed by atoms with van der Waals surface area (Å²) in [7, 11) is 2.98. The van der Waals surface area contributed by atoms with Gasteiger partial charge in [0, 0.05) is 48.3 Å². The molecule has 1 fully saturated rings. The van der Waals surface area contributed by atoms with Gasteiger partial charge in [-0.1, -0.05) is 78.9 Å². The average Bonchev–Trinajstić information content (AvgIpc) is 3.10. The maximum atomic E-state index is 13.9. The van der Waals surface area contributed by atoms with Crippen LogP contribution in [0, 0.1) is 10.1 Å². The molecule has 0 aliphatic carbocycles. The molecule has 1 amide bonds. The molecule has 2 heterocycles. The van der Waals surface area contributed by atoms with E-state index < -0.39 is 22.9 Å². The first-order valence-electron chi connectivity index (χ1n) is 15.3. The molecular weight excluding hydrogens is 604 g/mol. The molecular formula is C36H41ClN4O5. The number of nitro groups is 1. The lowest BCUT2D eigenvalue weighted by atomic mass is 9.68. The second-order valence-corrected chi connectivity index (χ2v) is 11.8. The summed E-state index contributed by atoms with van der Waals surface area (Å²) in [5, 5.41) is 14.1. The number of methoxy groups -OCH3 is 1. The van der Waals surface area contributed by atoms with Gasteiger partial charge in [-0.05, 0) is 62.2 Å². The first-order chi connectivity index (χ1) is 21.7. The van der Waals surface area contributed by atoms with Crippen LogP contribution in [0.25, 0.3) is 0 Å². The zero-order valence-corrected chi connectivity index (χ0v) is 27.2. The van der Waals surface area contributed by atoms with Crippen molar-refractivity contribution in [2.45, 2.75) is 49.6 Å². The molecule has 46 heavy (non-hydrogen) atoms. The molecule has 0 aromatic heterocycles. The zero-order valence-electron chi connectivity index (χ0n) is 26.4. The van der Waals surface area contributed by atoms with Crippen LogP contribution >= 0.6 is 12.4 Å². The Bertz CT molecular complexity index is 1510. The van der Waals surface area contributed by atoms with Gasteiger partial charge in [0.05, 0.1) is 12.0 Å². The number of carbonyl (C=O) groups is 2. The van der Waals surface area contributed by atoms with Gasteiger partial charge in [0.15, 0.2) is 0 Å². The normalized spacial score (nSPS) is 18.6. The van der Waals surface area contributed by atoms with Gasteiger partial charge >= 0.3 is 5.97 Å². The number of ether oxygens (including phenoxy) is 1. The van der Waals surface area contributed by atoms with E-state index in [1.54, 1.807) is 31.6 Å². The largest absolute Gasteiger partial charge is 0.467 e. The number of allylic oxidation sites excluding steroid dienone is 1. The number of likely N-dealkylation sites (N-methyl/N-ethyl adjacent to an activating group) is 1. The van der Waals surface area contributed by atoms with Crippen molar-refractivity contribution >= 4 is 30.0 Å². The number of nitro benzene ring substituents is 1. The van der Waals surface area contributed by atoms with Crippen molar-refractivity contribution in [3.63, 3.8) is 0 Å². The Balaban J connectivity index is 0.00000480. The Morgan fingerprint density at radius 3 is 2.09 bits per heavy atom. The number of nitrogens with zero attached hydrogens (tertiary/aromatic N) is 3. The van der Waals surface area contributed by atoms with Crippen LogP contribution < -0.4 is 5.32 Å². The zero-order chi connectivity index (χ0) is 32.0. The molecule has 3 atom stereocenters. The molecule has 0 bridgehead atoms. The predicted octanol–water partition coefficient (Wildman–Crippen LogP) is 5.96. The highest BCUT2D eigenvalue weighted by molar-refractivity contribution is 5.98. The summed E-state index contributed by atoms with van der Waals surface area (Å²) in [6.07, 6.45) is 7.47. The number of esters is 1. The van der Waals surface area contributed by atoms with Crippen molar-refractivity contribution in [1.82, 2.24) is 15.1 Å². The lowest BCUT2D eigenvalue weighted by molar-refractivity contribution is -0.384. The third-order valence-corrected chi connectivity index (χ3v) is 9.42. The van der Waals surface area contributed by atoms with Crippen LogP contribution in [0.15, 0.2) is 109 Å². The van der Waals surface area contributed by atoms with Gasteiger partial charge in [-0.15, -0.1) is 12.4 Å². The Morgan fingerprint density at radius 1 is 1.00 bits per heavy atom. The van der Waals surface area contributed by atoms with Crippen LogP contribution in [-0.4, -0.2) is 65.9 Å². The lowest BCUT2D eigenvalue weighted by Crippen LogP contribution is -2.51. The topological polar surface area (TPSA) is 105 Å². The Morgan fingerprint density at radius 2 is 1.57 bits per heavy atom. The fourth-order valence-corrected chi connectivity index (χ4v) is 6.74. The van der Waals surface area contributed by atoms with Crippen molar-refractivity contribution in [2.75, 3.05) is 27.2 Å². The van der Waals surface area contributed by atoms with Crippen molar-refractivity contribution in [1.29, 1.82) is 0 Å². The van der Waals surface area contributed by atoms with Gasteiger partial charge < -0.3 is 19.9 Å². The number of likely N-dealkylation sites (tertiary alicyclic amines) is 1. The van der Waals surface area contributed by atoms with Crippen molar-refractivity contribution < 1.29 is 19.2 Å². The Kier molecular flexibility index (Phi) is 11.4. The second-order valence-electron chi connectivity index (χ2n) is 11.8. The van der Waals surface area contributed by atoms with Gasteiger partial charge in [-0.25, -0.2) is 4.79 Å². The van der Waals surface area contributed by atoms with Gasteiger partial charge in [-0.2, -0.15) is 0 Å². The predicted molar refractivity (Wildman–Crippen MR) is 181 cm³/mol. The highest BCUT2D eigenvalue weighted by Gasteiger charge is 2.40. The Labute approximate surface area is 276 Å². The molecule has 242 valence electrons. The van der Waals surface area contributed by atoms with E-state index in [1.807, 2.05) is 18.2 Å². The first kappa shape index (κ1) is 34.4. The maximum absolute atomic E-state index is 13.9. The summed E-state index contributed by atoms with van der Waals surface area (Å²) in [6, 6.07) is 26.7. The SMILES string of the molecule is COC(=O)C(CC(C)N1CCC(c2ccccc2)(c2ccccc2)CC1)N(C)C(=O)C1=CNC=CC1c1ccc([N+](=O)[O-])cc1.Cl. The quantitative estimate of drug-likeness (QED) is 0.165. The molecule has 3 unspecified atom stereocenters. The van der Waals surface area contributed by atoms with Gasteiger partial charge in [0.1, 0.15) is 6.04 Å². The number of rotatable bonds is 10. The highest BCUT2D eigenvalue weighted by atomic mass is 35.5. The molecule has 0 radical (unpaired) electrons. The fourth-order valence-electron chi connectivity index (χ4n) is 6.74. The second kappa shape index (κ2) is 15.2. The fraction of sp³-hybridized carbons (Fsp3) is 0.333. The Hall–Kier alpha value is -4.47. The van der Waals surface area contributed by atoms with Gasteiger partial charge in [0.25, 0.3) is 11.6 Å². The third kappa shape index (κ3) is 7.16. The number of benzene rings is 3. The minimum absolute atomic E-state index is 0. The van der Waals surface area contributed by atoms with E-state index in [-0.39, 0.29) is 35.5 Å². The molecule has 3 aromatic rings. The van der Waals surface area contributed by atoms with Crippen LogP contribution in [-0.2, 0) is 19.7 Å². The number of dihydropyridines is 1. The number of piperidine rings is 1. The summed E-state index contributed by atoms with van der Waals surface area (Å²) in [5.41, 5.74) is 3.69. The van der Waals surface area contributed by atoms with Crippen LogP contribution in [0.3, 0.4) is 0 Å². The number of nitrogens with one attached hydrogen (secondary N) is 1. The summed E-state index contributed by atoms with van der Waals surface area (Å²) in [4.78, 5) is 41.6. The average molecular weight is 645 g/mol. The molecule has 9 nitrogen and oxygen atoms in total. The van der Waals surface area contributed by atoms with E-state index in [1.165, 1.54) is 35.3 Å². The number of amides is 1. The summed E-state index contributed by atoms with van der Waals surface area (Å²) >= 11 is 0. The van der Waals surface area contributed by atoms with E-state index in [4.69, 9.17) is 4.74 Å². The van der Waals surface area contributed by atoms with Crippen LogP contribution in [0.4, 0.5) is 5.69 Å². The maximum Gasteiger partial charge on any atom is 0.328 e. The lowest BCUT2D eigenvalue weighted by Gasteiger charge is -2.45. The molecule has 1 saturated heterocycles. The smallest absolute Gasteiger partial charge is 0.328 e. The number of hydrogen-bond donors (Lipinski definition) is 1. The van der Waals surface area contributed by atoms with Gasteiger partial charge in [-0.3, -0.25) is 14.9 Å². The van der Waals surface area contributed by atoms with Crippen molar-refractivity contribution in [2.24, 2.45) is 0 Å². The number of hydrogen-bond acceptors (Lipinski definition) is 7. The van der Waals surface area contributed by atoms with Gasteiger partial charge in [0.2, 0.25) is 0 Å². The molecule has 0 saturated carbocycles. The molecule has 0 spiro atoms. The monoisotopic (exact) mass is 644 g/mol. The van der Waals surface area contributed by atoms with Crippen LogP contribution in [0.5, 0.6) is 0 Å². The molecule has 1 N–H and O–H groups in total. The summed E-state index contributed by atoms with van der Waals surface area (Å²) < 4.78 is 5.19. The molecule has 2 aliphatic rings.